The number of amides is 2. The SMILES string of the molecule is O=C1NC(=O)C(n2ccc3ccccc32)=C1c1cn(CCCO)c2ccccc12. The molecule has 2 aromatic carbocycles. The van der Waals surface area contributed by atoms with Gasteiger partial charge in [0.2, 0.25) is 0 Å². The third-order valence-electron chi connectivity index (χ3n) is 5.36. The summed E-state index contributed by atoms with van der Waals surface area (Å²) in [5, 5.41) is 13.6. The largest absolute Gasteiger partial charge is 0.396 e. The molecule has 2 amide bonds. The molecule has 3 heterocycles. The zero-order valence-electron chi connectivity index (χ0n) is 15.6. The van der Waals surface area contributed by atoms with E-state index in [1.165, 1.54) is 0 Å². The summed E-state index contributed by atoms with van der Waals surface area (Å²) in [6.07, 6.45) is 4.33. The molecule has 0 unspecified atom stereocenters. The van der Waals surface area contributed by atoms with Crippen LogP contribution in [0.3, 0.4) is 0 Å². The van der Waals surface area contributed by atoms with Gasteiger partial charge in [-0.2, -0.15) is 0 Å². The fourth-order valence-corrected chi connectivity index (χ4v) is 4.08. The first-order chi connectivity index (χ1) is 14.2. The predicted octanol–water partition coefficient (Wildman–Crippen LogP) is 3.00. The number of para-hydroxylation sites is 2. The maximum atomic E-state index is 12.8. The molecule has 29 heavy (non-hydrogen) atoms. The first-order valence-corrected chi connectivity index (χ1v) is 9.54. The van der Waals surface area contributed by atoms with Gasteiger partial charge >= 0.3 is 0 Å². The summed E-state index contributed by atoms with van der Waals surface area (Å²) in [5.41, 5.74) is 3.26. The van der Waals surface area contributed by atoms with Crippen molar-refractivity contribution in [1.29, 1.82) is 0 Å². The van der Waals surface area contributed by atoms with E-state index in [9.17, 15) is 14.7 Å². The van der Waals surface area contributed by atoms with Crippen LogP contribution in [-0.4, -0.2) is 32.7 Å². The molecule has 0 saturated carbocycles. The summed E-state index contributed by atoms with van der Waals surface area (Å²) < 4.78 is 3.81. The highest BCUT2D eigenvalue weighted by molar-refractivity contribution is 6.47. The van der Waals surface area contributed by atoms with Gasteiger partial charge in [0, 0.05) is 42.0 Å². The molecular formula is C23H19N3O3. The number of aromatic nitrogens is 2. The highest BCUT2D eigenvalue weighted by Gasteiger charge is 2.34. The summed E-state index contributed by atoms with van der Waals surface area (Å²) in [6.45, 7) is 0.714. The summed E-state index contributed by atoms with van der Waals surface area (Å²) in [4.78, 5) is 25.6. The molecule has 0 fully saturated rings. The molecule has 0 aliphatic carbocycles. The van der Waals surface area contributed by atoms with E-state index < -0.39 is 11.8 Å². The van der Waals surface area contributed by atoms with Gasteiger partial charge in [0.1, 0.15) is 5.70 Å². The molecule has 0 bridgehead atoms. The van der Waals surface area contributed by atoms with Crippen LogP contribution < -0.4 is 5.32 Å². The lowest BCUT2D eigenvalue weighted by Crippen LogP contribution is -2.23. The Morgan fingerprint density at radius 2 is 1.66 bits per heavy atom. The third-order valence-corrected chi connectivity index (χ3v) is 5.36. The van der Waals surface area contributed by atoms with Crippen LogP contribution in [0.5, 0.6) is 0 Å². The Hall–Kier alpha value is -3.64. The molecule has 0 atom stereocenters. The van der Waals surface area contributed by atoms with Gasteiger partial charge < -0.3 is 14.2 Å². The molecule has 4 aromatic rings. The molecule has 1 aliphatic heterocycles. The van der Waals surface area contributed by atoms with E-state index in [2.05, 4.69) is 5.32 Å². The van der Waals surface area contributed by atoms with E-state index in [-0.39, 0.29) is 6.61 Å². The minimum Gasteiger partial charge on any atom is -0.396 e. The topological polar surface area (TPSA) is 76.3 Å². The van der Waals surface area contributed by atoms with E-state index in [4.69, 9.17) is 0 Å². The van der Waals surface area contributed by atoms with Crippen LogP contribution in [0.4, 0.5) is 0 Å². The van der Waals surface area contributed by atoms with E-state index in [1.54, 1.807) is 4.57 Å². The Kier molecular flexibility index (Phi) is 4.07. The summed E-state index contributed by atoms with van der Waals surface area (Å²) in [7, 11) is 0. The number of aliphatic hydroxyl groups excluding tert-OH is 1. The number of benzene rings is 2. The number of fused-ring (bicyclic) bond motifs is 2. The van der Waals surface area contributed by atoms with Gasteiger partial charge in [-0.1, -0.05) is 36.4 Å². The molecule has 2 aromatic heterocycles. The standard InChI is InChI=1S/C23H19N3O3/c27-13-5-11-25-14-17(16-7-2-4-9-19(16)25)20-21(23(29)24-22(20)28)26-12-10-15-6-1-3-8-18(15)26/h1-4,6-10,12,14,27H,5,11,13H2,(H,24,28,29). The third kappa shape index (κ3) is 2.68. The summed E-state index contributed by atoms with van der Waals surface area (Å²) in [6, 6.07) is 17.5. The minimum atomic E-state index is -0.404. The molecule has 0 saturated heterocycles. The molecule has 5 rings (SSSR count). The molecular weight excluding hydrogens is 366 g/mol. The van der Waals surface area contributed by atoms with Gasteiger partial charge in [0.25, 0.3) is 11.8 Å². The van der Waals surface area contributed by atoms with Crippen molar-refractivity contribution in [3.8, 4) is 0 Å². The van der Waals surface area contributed by atoms with Crippen molar-refractivity contribution in [3.05, 3.63) is 72.6 Å². The fraction of sp³-hybridized carbons (Fsp3) is 0.130. The fourth-order valence-electron chi connectivity index (χ4n) is 4.08. The number of carbonyl (C=O) groups excluding carboxylic acids is 2. The second kappa shape index (κ2) is 6.76. The number of nitrogens with zero attached hydrogens (tertiary/aromatic N) is 2. The van der Waals surface area contributed by atoms with Crippen LogP contribution in [0, 0.1) is 0 Å². The number of aliphatic hydroxyl groups is 1. The van der Waals surface area contributed by atoms with Crippen molar-refractivity contribution in [2.75, 3.05) is 6.61 Å². The number of carbonyl (C=O) groups is 2. The quantitative estimate of drug-likeness (QED) is 0.519. The molecule has 6 heteroatoms. The van der Waals surface area contributed by atoms with Crippen LogP contribution in [0.2, 0.25) is 0 Å². The van der Waals surface area contributed by atoms with Crippen molar-refractivity contribution >= 4 is 44.9 Å². The van der Waals surface area contributed by atoms with Gasteiger partial charge in [-0.15, -0.1) is 0 Å². The van der Waals surface area contributed by atoms with Crippen molar-refractivity contribution in [3.63, 3.8) is 0 Å². The number of rotatable bonds is 5. The van der Waals surface area contributed by atoms with Gasteiger partial charge in [0.15, 0.2) is 0 Å². The van der Waals surface area contributed by atoms with Crippen molar-refractivity contribution in [2.24, 2.45) is 0 Å². The Labute approximate surface area is 166 Å². The van der Waals surface area contributed by atoms with Gasteiger partial charge in [-0.05, 0) is 30.0 Å². The average molecular weight is 385 g/mol. The monoisotopic (exact) mass is 385 g/mol. The number of imide groups is 1. The normalized spacial score (nSPS) is 14.4. The first-order valence-electron chi connectivity index (χ1n) is 9.54. The van der Waals surface area contributed by atoms with E-state index in [1.807, 2.05) is 71.6 Å². The van der Waals surface area contributed by atoms with E-state index >= 15 is 0 Å². The zero-order valence-corrected chi connectivity index (χ0v) is 15.6. The lowest BCUT2D eigenvalue weighted by atomic mass is 10.0. The smallest absolute Gasteiger partial charge is 0.275 e. The zero-order chi connectivity index (χ0) is 20.0. The van der Waals surface area contributed by atoms with Crippen LogP contribution in [0.15, 0.2) is 67.0 Å². The van der Waals surface area contributed by atoms with Gasteiger partial charge in [-0.3, -0.25) is 14.9 Å². The predicted molar refractivity (Wildman–Crippen MR) is 112 cm³/mol. The van der Waals surface area contributed by atoms with E-state index in [0.717, 1.165) is 27.4 Å². The Morgan fingerprint density at radius 3 is 2.48 bits per heavy atom. The average Bonchev–Trinajstić information content (AvgIpc) is 3.39. The molecule has 2 N–H and O–H groups in total. The number of aryl methyl sites for hydroxylation is 1. The summed E-state index contributed by atoms with van der Waals surface area (Å²) in [5.74, 6) is -0.800. The molecule has 144 valence electrons. The maximum absolute atomic E-state index is 12.8. The first kappa shape index (κ1) is 17.5. The van der Waals surface area contributed by atoms with E-state index in [0.29, 0.717) is 24.2 Å². The molecule has 0 radical (unpaired) electrons. The molecule has 1 aliphatic rings. The highest BCUT2D eigenvalue weighted by Crippen LogP contribution is 2.35. The number of hydrogen-bond acceptors (Lipinski definition) is 3. The van der Waals surface area contributed by atoms with Crippen molar-refractivity contribution < 1.29 is 14.7 Å². The van der Waals surface area contributed by atoms with Crippen molar-refractivity contribution in [2.45, 2.75) is 13.0 Å². The molecule has 6 nitrogen and oxygen atoms in total. The lowest BCUT2D eigenvalue weighted by Gasteiger charge is -2.07. The Bertz CT molecular complexity index is 1310. The minimum absolute atomic E-state index is 0.0874. The van der Waals surface area contributed by atoms with Crippen LogP contribution >= 0.6 is 0 Å². The second-order valence-corrected chi connectivity index (χ2v) is 7.08. The van der Waals surface area contributed by atoms with Gasteiger partial charge in [0.05, 0.1) is 11.1 Å². The van der Waals surface area contributed by atoms with Crippen LogP contribution in [0.25, 0.3) is 33.1 Å². The van der Waals surface area contributed by atoms with Crippen LogP contribution in [0.1, 0.15) is 12.0 Å². The highest BCUT2D eigenvalue weighted by atomic mass is 16.3. The summed E-state index contributed by atoms with van der Waals surface area (Å²) >= 11 is 0. The van der Waals surface area contributed by atoms with Crippen molar-refractivity contribution in [1.82, 2.24) is 14.5 Å². The van der Waals surface area contributed by atoms with Gasteiger partial charge in [-0.25, -0.2) is 0 Å². The Balaban J connectivity index is 1.79. The second-order valence-electron chi connectivity index (χ2n) is 7.08. The molecule has 0 spiro atoms. The Morgan fingerprint density at radius 1 is 0.897 bits per heavy atom. The number of nitrogens with one attached hydrogen (secondary N) is 1. The number of hydrogen-bond donors (Lipinski definition) is 2. The maximum Gasteiger partial charge on any atom is 0.275 e. The van der Waals surface area contributed by atoms with Crippen LogP contribution in [-0.2, 0) is 16.1 Å². The lowest BCUT2D eigenvalue weighted by molar-refractivity contribution is -0.122.